The van der Waals surface area contributed by atoms with Gasteiger partial charge < -0.3 is 15.2 Å². The van der Waals surface area contributed by atoms with Crippen LogP contribution in [0.1, 0.15) is 11.1 Å². The van der Waals surface area contributed by atoms with Gasteiger partial charge in [0.15, 0.2) is 5.43 Å². The molecule has 35 heavy (non-hydrogen) atoms. The molecule has 0 aliphatic rings. The van der Waals surface area contributed by atoms with Crippen LogP contribution >= 0.6 is 0 Å². The lowest BCUT2D eigenvalue weighted by atomic mass is 9.96. The number of nitrogens with zero attached hydrogens (tertiary/aromatic N) is 2. The predicted molar refractivity (Wildman–Crippen MR) is 145 cm³/mol. The molecule has 0 atom stereocenters. The van der Waals surface area contributed by atoms with E-state index >= 15 is 0 Å². The fourth-order valence-corrected chi connectivity index (χ4v) is 4.28. The van der Waals surface area contributed by atoms with E-state index in [1.165, 1.54) is 16.8 Å². The van der Waals surface area contributed by atoms with Crippen LogP contribution in [0.2, 0.25) is 0 Å². The van der Waals surface area contributed by atoms with E-state index in [1.54, 1.807) is 12.4 Å². The molecule has 2 heterocycles. The van der Waals surface area contributed by atoms with Crippen molar-refractivity contribution in [3.63, 3.8) is 0 Å². The fraction of sp³-hybridized carbons (Fsp3) is 0.133. The van der Waals surface area contributed by atoms with Gasteiger partial charge in [-0.25, -0.2) is 0 Å². The second-order valence-corrected chi connectivity index (χ2v) is 8.85. The summed E-state index contributed by atoms with van der Waals surface area (Å²) in [6.07, 6.45) is 3.33. The number of nitrogens with one attached hydrogen (secondary N) is 2. The largest absolute Gasteiger partial charge is 0.378 e. The summed E-state index contributed by atoms with van der Waals surface area (Å²) in [6, 6.07) is 28.6. The van der Waals surface area contributed by atoms with Gasteiger partial charge in [-0.15, -0.1) is 0 Å². The van der Waals surface area contributed by atoms with Crippen molar-refractivity contribution in [3.05, 3.63) is 119 Å². The van der Waals surface area contributed by atoms with Crippen molar-refractivity contribution in [2.24, 2.45) is 0 Å². The van der Waals surface area contributed by atoms with Crippen LogP contribution in [-0.4, -0.2) is 24.1 Å². The first-order valence-electron chi connectivity index (χ1n) is 11.7. The Balaban J connectivity index is 1.39. The lowest BCUT2D eigenvalue weighted by molar-refractivity contribution is 0.693. The molecule has 0 saturated heterocycles. The maximum atomic E-state index is 13.5. The van der Waals surface area contributed by atoms with Crippen molar-refractivity contribution in [1.29, 1.82) is 0 Å². The topological polar surface area (TPSA) is 61.0 Å². The molecule has 0 unspecified atom stereocenters. The molecule has 0 saturated carbocycles. The molecule has 5 nitrogen and oxygen atoms in total. The van der Waals surface area contributed by atoms with Gasteiger partial charge in [-0.1, -0.05) is 66.7 Å². The molecule has 5 heteroatoms. The third-order valence-electron chi connectivity index (χ3n) is 6.22. The molecular weight excluding hydrogens is 432 g/mol. The highest BCUT2D eigenvalue weighted by Crippen LogP contribution is 2.30. The molecule has 0 radical (unpaired) electrons. The molecular formula is C30H28N4O. The Hall–Kier alpha value is -4.22. The predicted octanol–water partition coefficient (Wildman–Crippen LogP) is 5.61. The van der Waals surface area contributed by atoms with Crippen LogP contribution < -0.4 is 15.6 Å². The van der Waals surface area contributed by atoms with Crippen molar-refractivity contribution < 1.29 is 0 Å². The van der Waals surface area contributed by atoms with Gasteiger partial charge in [-0.2, -0.15) is 0 Å². The summed E-state index contributed by atoms with van der Waals surface area (Å²) in [4.78, 5) is 23.2. The average Bonchev–Trinajstić information content (AvgIpc) is 2.90. The minimum absolute atomic E-state index is 0.0147. The molecule has 0 aliphatic carbocycles. The molecule has 0 amide bonds. The van der Waals surface area contributed by atoms with Crippen molar-refractivity contribution in [1.82, 2.24) is 15.3 Å². The molecule has 3 aromatic carbocycles. The first kappa shape index (κ1) is 22.6. The number of hydrogen-bond donors (Lipinski definition) is 2. The molecule has 5 rings (SSSR count). The van der Waals surface area contributed by atoms with Gasteiger partial charge in [0.25, 0.3) is 0 Å². The zero-order valence-corrected chi connectivity index (χ0v) is 20.0. The fourth-order valence-electron chi connectivity index (χ4n) is 4.28. The van der Waals surface area contributed by atoms with Gasteiger partial charge in [-0.05, 0) is 40.5 Å². The molecule has 0 spiro atoms. The van der Waals surface area contributed by atoms with Crippen LogP contribution in [0.3, 0.4) is 0 Å². The Kier molecular flexibility index (Phi) is 6.42. The van der Waals surface area contributed by atoms with E-state index in [-0.39, 0.29) is 5.43 Å². The molecule has 0 bridgehead atoms. The minimum atomic E-state index is -0.0147. The summed E-state index contributed by atoms with van der Waals surface area (Å²) in [6.45, 7) is 1.57. The van der Waals surface area contributed by atoms with Gasteiger partial charge in [-0.3, -0.25) is 9.78 Å². The number of anilines is 1. The maximum Gasteiger partial charge on any atom is 0.199 e. The quantitative estimate of drug-likeness (QED) is 0.331. The van der Waals surface area contributed by atoms with Crippen molar-refractivity contribution >= 4 is 16.6 Å². The van der Waals surface area contributed by atoms with Crippen LogP contribution in [-0.2, 0) is 13.1 Å². The number of hydrogen-bond acceptors (Lipinski definition) is 4. The highest BCUT2D eigenvalue weighted by molar-refractivity contribution is 5.90. The van der Waals surface area contributed by atoms with Crippen LogP contribution in [0, 0.1) is 0 Å². The van der Waals surface area contributed by atoms with E-state index in [0.29, 0.717) is 10.9 Å². The Morgan fingerprint density at radius 3 is 2.11 bits per heavy atom. The highest BCUT2D eigenvalue weighted by Gasteiger charge is 2.15. The average molecular weight is 461 g/mol. The monoisotopic (exact) mass is 460 g/mol. The van der Waals surface area contributed by atoms with E-state index in [2.05, 4.69) is 68.7 Å². The zero-order chi connectivity index (χ0) is 24.2. The number of fused-ring (bicyclic) bond motifs is 1. The van der Waals surface area contributed by atoms with Crippen molar-refractivity contribution in [3.8, 4) is 22.4 Å². The number of pyridine rings is 2. The summed E-state index contributed by atoms with van der Waals surface area (Å²) in [7, 11) is 4.09. The first-order valence-corrected chi connectivity index (χ1v) is 11.7. The molecule has 5 aromatic rings. The second kappa shape index (κ2) is 9.95. The SMILES string of the molecule is CN(C)c1ccc(CNCc2ccc(-c3[nH]c4ccncc4c(=O)c3-c3ccccc3)cc2)cc1. The van der Waals surface area contributed by atoms with Gasteiger partial charge >= 0.3 is 0 Å². The van der Waals surface area contributed by atoms with E-state index in [4.69, 9.17) is 0 Å². The van der Waals surface area contributed by atoms with E-state index in [9.17, 15) is 4.79 Å². The van der Waals surface area contributed by atoms with E-state index < -0.39 is 0 Å². The summed E-state index contributed by atoms with van der Waals surface area (Å²) in [5, 5.41) is 4.11. The lowest BCUT2D eigenvalue weighted by Crippen LogP contribution is -2.13. The van der Waals surface area contributed by atoms with Gasteiger partial charge in [0.1, 0.15) is 0 Å². The standard InChI is InChI=1S/C30H28N4O/c1-34(2)25-14-10-22(11-15-25)19-32-18-21-8-12-24(13-9-21)29-28(23-6-4-3-5-7-23)30(35)26-20-31-17-16-27(26)33-29/h3-17,20,32H,18-19H2,1-2H3,(H,33,35). The molecule has 2 N–H and O–H groups in total. The molecule has 0 aliphatic heterocycles. The summed E-state index contributed by atoms with van der Waals surface area (Å²) in [5.74, 6) is 0. The maximum absolute atomic E-state index is 13.5. The van der Waals surface area contributed by atoms with Gasteiger partial charge in [0.2, 0.25) is 0 Å². The van der Waals surface area contributed by atoms with Crippen LogP contribution in [0.5, 0.6) is 0 Å². The van der Waals surface area contributed by atoms with Crippen LogP contribution in [0.4, 0.5) is 5.69 Å². The number of benzene rings is 3. The van der Waals surface area contributed by atoms with Crippen molar-refractivity contribution in [2.45, 2.75) is 13.1 Å². The number of aromatic nitrogens is 2. The van der Waals surface area contributed by atoms with Gasteiger partial charge in [0.05, 0.1) is 22.2 Å². The Morgan fingerprint density at radius 2 is 1.46 bits per heavy atom. The zero-order valence-electron chi connectivity index (χ0n) is 20.0. The second-order valence-electron chi connectivity index (χ2n) is 8.85. The summed E-state index contributed by atoms with van der Waals surface area (Å²) < 4.78 is 0. The smallest absolute Gasteiger partial charge is 0.199 e. The third kappa shape index (κ3) is 4.86. The van der Waals surface area contributed by atoms with Crippen LogP contribution in [0.25, 0.3) is 33.3 Å². The normalized spacial score (nSPS) is 11.0. The minimum Gasteiger partial charge on any atom is -0.378 e. The Bertz CT molecular complexity index is 1490. The lowest BCUT2D eigenvalue weighted by Gasteiger charge is -2.13. The highest BCUT2D eigenvalue weighted by atomic mass is 16.1. The van der Waals surface area contributed by atoms with E-state index in [0.717, 1.165) is 35.4 Å². The number of H-pyrrole nitrogens is 1. The van der Waals surface area contributed by atoms with Crippen LogP contribution in [0.15, 0.2) is 102 Å². The number of rotatable bonds is 7. The molecule has 2 aromatic heterocycles. The molecule has 174 valence electrons. The molecule has 0 fully saturated rings. The Labute approximate surface area is 205 Å². The summed E-state index contributed by atoms with van der Waals surface area (Å²) >= 11 is 0. The van der Waals surface area contributed by atoms with E-state index in [1.807, 2.05) is 50.5 Å². The Morgan fingerprint density at radius 1 is 0.800 bits per heavy atom. The first-order chi connectivity index (χ1) is 17.1. The van der Waals surface area contributed by atoms with Crippen molar-refractivity contribution in [2.75, 3.05) is 19.0 Å². The third-order valence-corrected chi connectivity index (χ3v) is 6.22. The number of aromatic amines is 1. The van der Waals surface area contributed by atoms with Gasteiger partial charge in [0, 0.05) is 45.3 Å². The summed E-state index contributed by atoms with van der Waals surface area (Å²) in [5.41, 5.74) is 7.75.